The molecule has 4 fully saturated rings. The Balaban J connectivity index is 1.51. The van der Waals surface area contributed by atoms with Gasteiger partial charge in [-0.2, -0.15) is 0 Å². The molecule has 0 saturated heterocycles. The van der Waals surface area contributed by atoms with E-state index in [4.69, 9.17) is 0 Å². The number of hydrogen-bond donors (Lipinski definition) is 2. The second-order valence-corrected chi connectivity index (χ2v) is 9.92. The summed E-state index contributed by atoms with van der Waals surface area (Å²) in [7, 11) is 0. The first-order valence-electron chi connectivity index (χ1n) is 9.16. The molecular weight excluding hydrogens is 314 g/mol. The molecule has 0 aliphatic heterocycles. The van der Waals surface area contributed by atoms with Crippen LogP contribution in [0.25, 0.3) is 0 Å². The molecule has 2 N–H and O–H groups in total. The zero-order valence-corrected chi connectivity index (χ0v) is 15.3. The van der Waals surface area contributed by atoms with Gasteiger partial charge < -0.3 is 0 Å². The van der Waals surface area contributed by atoms with Gasteiger partial charge in [0.05, 0.1) is 5.41 Å². The van der Waals surface area contributed by atoms with Crippen LogP contribution in [0.15, 0.2) is 24.5 Å². The number of carbonyl (C=O) groups is 2. The minimum Gasteiger partial charge on any atom is -0.273 e. The van der Waals surface area contributed by atoms with Crippen molar-refractivity contribution in [1.29, 1.82) is 0 Å². The second kappa shape index (κ2) is 5.05. The number of nitrogens with one attached hydrogen (secondary N) is 2. The Morgan fingerprint density at radius 1 is 0.840 bits per heavy atom. The van der Waals surface area contributed by atoms with Gasteiger partial charge in [0.15, 0.2) is 0 Å². The Bertz CT molecular complexity index is 676. The second-order valence-electron chi connectivity index (χ2n) is 9.92. The molecule has 5 nitrogen and oxygen atoms in total. The van der Waals surface area contributed by atoms with Gasteiger partial charge in [0.1, 0.15) is 0 Å². The van der Waals surface area contributed by atoms with Crippen LogP contribution in [0.3, 0.4) is 0 Å². The van der Waals surface area contributed by atoms with Crippen LogP contribution >= 0.6 is 0 Å². The summed E-state index contributed by atoms with van der Waals surface area (Å²) in [5, 5.41) is 0. The van der Waals surface area contributed by atoms with E-state index in [9.17, 15) is 9.59 Å². The first kappa shape index (κ1) is 16.6. The largest absolute Gasteiger partial charge is 0.273 e. The number of pyridine rings is 1. The van der Waals surface area contributed by atoms with Gasteiger partial charge in [-0.05, 0) is 66.9 Å². The van der Waals surface area contributed by atoms with Crippen LogP contribution in [0.5, 0.6) is 0 Å². The van der Waals surface area contributed by atoms with E-state index in [1.54, 1.807) is 24.5 Å². The Hall–Kier alpha value is -1.91. The first-order valence-corrected chi connectivity index (χ1v) is 9.16. The topological polar surface area (TPSA) is 71.1 Å². The van der Waals surface area contributed by atoms with Crippen molar-refractivity contribution in [2.45, 2.75) is 59.3 Å². The lowest BCUT2D eigenvalue weighted by atomic mass is 9.36. The van der Waals surface area contributed by atoms with E-state index in [2.05, 4.69) is 36.6 Å². The van der Waals surface area contributed by atoms with Crippen molar-refractivity contribution in [2.24, 2.45) is 21.7 Å². The van der Waals surface area contributed by atoms with E-state index in [1.165, 1.54) is 19.3 Å². The molecule has 4 aliphatic rings. The molecule has 134 valence electrons. The molecule has 4 aliphatic carbocycles. The zero-order valence-electron chi connectivity index (χ0n) is 15.3. The van der Waals surface area contributed by atoms with Crippen molar-refractivity contribution >= 4 is 11.8 Å². The van der Waals surface area contributed by atoms with Crippen LogP contribution in [0.2, 0.25) is 0 Å². The molecule has 1 heterocycles. The third-order valence-electron chi connectivity index (χ3n) is 6.57. The van der Waals surface area contributed by atoms with Crippen LogP contribution < -0.4 is 10.9 Å². The van der Waals surface area contributed by atoms with Crippen LogP contribution in [0, 0.1) is 21.7 Å². The molecule has 4 bridgehead atoms. The highest BCUT2D eigenvalue weighted by Gasteiger charge is 2.66. The van der Waals surface area contributed by atoms with Crippen molar-refractivity contribution in [3.05, 3.63) is 30.1 Å². The quantitative estimate of drug-likeness (QED) is 0.811. The molecule has 5 rings (SSSR count). The molecule has 0 spiro atoms. The van der Waals surface area contributed by atoms with Crippen LogP contribution in [0.4, 0.5) is 0 Å². The Morgan fingerprint density at radius 3 is 1.80 bits per heavy atom. The van der Waals surface area contributed by atoms with Gasteiger partial charge in [-0.25, -0.2) is 0 Å². The number of carbonyl (C=O) groups excluding carboxylic acids is 2. The maximum atomic E-state index is 13.1. The SMILES string of the molecule is CC12CC3(C)CC(C)(C1)CC(C(=O)NNC(=O)c1ccncc1)(C2)C3. The monoisotopic (exact) mass is 341 g/mol. The summed E-state index contributed by atoms with van der Waals surface area (Å²) in [6.45, 7) is 7.04. The lowest BCUT2D eigenvalue weighted by Gasteiger charge is -2.68. The standard InChI is InChI=1S/C20H27N3O2/c1-17-8-18(2)10-19(3,9-17)13-20(11-17,12-18)16(25)23-22-15(24)14-4-6-21-7-5-14/h4-7H,8-13H2,1-3H3,(H,22,24)(H,23,25). The molecule has 0 atom stereocenters. The third kappa shape index (κ3) is 2.74. The average Bonchev–Trinajstić information content (AvgIpc) is 2.48. The number of aromatic nitrogens is 1. The lowest BCUT2D eigenvalue weighted by Crippen LogP contribution is -2.64. The fourth-order valence-corrected chi connectivity index (χ4v) is 7.35. The van der Waals surface area contributed by atoms with Crippen LogP contribution in [-0.2, 0) is 4.79 Å². The van der Waals surface area contributed by atoms with Crippen LogP contribution in [-0.4, -0.2) is 16.8 Å². The van der Waals surface area contributed by atoms with E-state index in [0.717, 1.165) is 19.3 Å². The Kier molecular flexibility index (Phi) is 3.35. The minimum absolute atomic E-state index is 0.0160. The van der Waals surface area contributed by atoms with Gasteiger partial charge >= 0.3 is 0 Å². The summed E-state index contributed by atoms with van der Waals surface area (Å²) in [5.41, 5.74) is 6.19. The highest BCUT2D eigenvalue weighted by Crippen LogP contribution is 2.73. The average molecular weight is 341 g/mol. The Labute approximate surface area is 149 Å². The van der Waals surface area contributed by atoms with Crippen molar-refractivity contribution in [3.63, 3.8) is 0 Å². The first-order chi connectivity index (χ1) is 11.7. The van der Waals surface area contributed by atoms with E-state index < -0.39 is 0 Å². The van der Waals surface area contributed by atoms with E-state index in [0.29, 0.717) is 5.56 Å². The minimum atomic E-state index is -0.349. The smallest absolute Gasteiger partial charge is 0.269 e. The zero-order chi connectivity index (χ0) is 17.9. The van der Waals surface area contributed by atoms with Crippen LogP contribution in [0.1, 0.15) is 69.7 Å². The summed E-state index contributed by atoms with van der Waals surface area (Å²) < 4.78 is 0. The maximum Gasteiger partial charge on any atom is 0.269 e. The van der Waals surface area contributed by atoms with E-state index in [-0.39, 0.29) is 33.5 Å². The molecule has 4 saturated carbocycles. The molecule has 5 heteroatoms. The number of hydrazine groups is 1. The predicted octanol–water partition coefficient (Wildman–Crippen LogP) is 3.23. The highest BCUT2D eigenvalue weighted by atomic mass is 16.2. The molecule has 2 amide bonds. The van der Waals surface area contributed by atoms with E-state index >= 15 is 0 Å². The Morgan fingerprint density at radius 2 is 1.32 bits per heavy atom. The normalized spacial score (nSPS) is 41.4. The van der Waals surface area contributed by atoms with Gasteiger partial charge in [-0.15, -0.1) is 0 Å². The van der Waals surface area contributed by atoms with Gasteiger partial charge in [0.25, 0.3) is 5.91 Å². The molecule has 0 aromatic carbocycles. The molecule has 1 aromatic heterocycles. The molecular formula is C20H27N3O2. The lowest BCUT2D eigenvalue weighted by molar-refractivity contribution is -0.192. The summed E-state index contributed by atoms with van der Waals surface area (Å²) in [6.07, 6.45) is 9.58. The molecule has 0 radical (unpaired) electrons. The molecule has 1 aromatic rings. The summed E-state index contributed by atoms with van der Waals surface area (Å²) in [5.74, 6) is -0.318. The van der Waals surface area contributed by atoms with Crippen molar-refractivity contribution < 1.29 is 9.59 Å². The predicted molar refractivity (Wildman–Crippen MR) is 94.3 cm³/mol. The molecule has 25 heavy (non-hydrogen) atoms. The summed E-state index contributed by atoms with van der Waals surface area (Å²) in [6, 6.07) is 3.27. The van der Waals surface area contributed by atoms with Crippen molar-refractivity contribution in [1.82, 2.24) is 15.8 Å². The highest BCUT2D eigenvalue weighted by molar-refractivity contribution is 5.95. The molecule has 0 unspecified atom stereocenters. The number of nitrogens with zero attached hydrogens (tertiary/aromatic N) is 1. The van der Waals surface area contributed by atoms with E-state index in [1.807, 2.05) is 0 Å². The fraction of sp³-hybridized carbons (Fsp3) is 0.650. The summed E-state index contributed by atoms with van der Waals surface area (Å²) >= 11 is 0. The number of amides is 2. The summed E-state index contributed by atoms with van der Waals surface area (Å²) in [4.78, 5) is 29.2. The van der Waals surface area contributed by atoms with Gasteiger partial charge in [0.2, 0.25) is 5.91 Å². The number of hydrogen-bond acceptors (Lipinski definition) is 3. The maximum absolute atomic E-state index is 13.1. The van der Waals surface area contributed by atoms with Gasteiger partial charge in [0, 0.05) is 18.0 Å². The van der Waals surface area contributed by atoms with Gasteiger partial charge in [-0.3, -0.25) is 25.4 Å². The number of rotatable bonds is 2. The fourth-order valence-electron chi connectivity index (χ4n) is 7.35. The van der Waals surface area contributed by atoms with Gasteiger partial charge in [-0.1, -0.05) is 20.8 Å². The van der Waals surface area contributed by atoms with Crippen molar-refractivity contribution in [3.8, 4) is 0 Å². The third-order valence-corrected chi connectivity index (χ3v) is 6.57. The van der Waals surface area contributed by atoms with Crippen molar-refractivity contribution in [2.75, 3.05) is 0 Å².